The topological polar surface area (TPSA) is 93.7 Å². The Balaban J connectivity index is 1.97. The first-order valence-electron chi connectivity index (χ1n) is 9.31. The molecule has 2 N–H and O–H groups in total. The van der Waals surface area contributed by atoms with E-state index in [4.69, 9.17) is 9.47 Å². The number of nitrogens with one attached hydrogen (secondary N) is 2. The second kappa shape index (κ2) is 9.65. The number of rotatable bonds is 8. The van der Waals surface area contributed by atoms with Crippen LogP contribution in [0.4, 0.5) is 14.5 Å². The van der Waals surface area contributed by atoms with E-state index in [0.29, 0.717) is 0 Å². The molecule has 0 saturated carbocycles. The monoisotopic (exact) mass is 462 g/mol. The third-order valence-electron chi connectivity index (χ3n) is 4.52. The smallest absolute Gasteiger partial charge is 0.262 e. The molecule has 168 valence electrons. The van der Waals surface area contributed by atoms with Gasteiger partial charge in [0.05, 0.1) is 30.4 Å². The molecule has 0 radical (unpaired) electrons. The number of benzene rings is 3. The van der Waals surface area contributed by atoms with Crippen molar-refractivity contribution in [2.75, 3.05) is 18.9 Å². The lowest BCUT2D eigenvalue weighted by Gasteiger charge is -2.16. The van der Waals surface area contributed by atoms with Crippen molar-refractivity contribution < 1.29 is 31.5 Å². The fraction of sp³-hybridized carbons (Fsp3) is 0.136. The number of halogens is 2. The van der Waals surface area contributed by atoms with Gasteiger partial charge in [0.15, 0.2) is 11.5 Å². The van der Waals surface area contributed by atoms with Crippen LogP contribution in [0.2, 0.25) is 0 Å². The van der Waals surface area contributed by atoms with Gasteiger partial charge in [0, 0.05) is 18.2 Å². The minimum Gasteiger partial charge on any atom is -0.493 e. The van der Waals surface area contributed by atoms with Gasteiger partial charge in [-0.25, -0.2) is 17.2 Å². The molecule has 0 heterocycles. The summed E-state index contributed by atoms with van der Waals surface area (Å²) >= 11 is 0. The molecule has 0 aliphatic heterocycles. The van der Waals surface area contributed by atoms with Crippen molar-refractivity contribution in [3.8, 4) is 11.5 Å². The number of hydrogen-bond donors (Lipinski definition) is 2. The van der Waals surface area contributed by atoms with Crippen LogP contribution in [0.1, 0.15) is 15.9 Å². The molecule has 3 aromatic carbocycles. The van der Waals surface area contributed by atoms with Crippen LogP contribution in [0.5, 0.6) is 11.5 Å². The minimum atomic E-state index is -4.29. The maximum Gasteiger partial charge on any atom is 0.262 e. The summed E-state index contributed by atoms with van der Waals surface area (Å²) in [4.78, 5) is 12.5. The second-order valence-electron chi connectivity index (χ2n) is 6.57. The first-order chi connectivity index (χ1) is 15.3. The van der Waals surface area contributed by atoms with Crippen molar-refractivity contribution in [1.29, 1.82) is 0 Å². The Hall–Kier alpha value is -3.66. The molecular weight excluding hydrogens is 442 g/mol. The number of anilines is 1. The van der Waals surface area contributed by atoms with Crippen LogP contribution in [-0.4, -0.2) is 28.5 Å². The molecule has 0 aliphatic rings. The molecule has 0 unspecified atom stereocenters. The van der Waals surface area contributed by atoms with Crippen LogP contribution in [0.3, 0.4) is 0 Å². The van der Waals surface area contributed by atoms with Gasteiger partial charge in [-0.3, -0.25) is 9.52 Å². The molecule has 0 atom stereocenters. The van der Waals surface area contributed by atoms with Crippen LogP contribution in [0, 0.1) is 11.6 Å². The summed E-state index contributed by atoms with van der Waals surface area (Å²) in [6.07, 6.45) is 0. The van der Waals surface area contributed by atoms with E-state index in [1.165, 1.54) is 50.6 Å². The number of para-hydroxylation sites is 1. The van der Waals surface area contributed by atoms with Crippen LogP contribution < -0.4 is 19.5 Å². The normalized spacial score (nSPS) is 11.0. The standard InChI is InChI=1S/C22H20F2N2O5S/c1-30-20-12-15(32(28,29)26-19-10-6-5-9-18(19)24)11-16(21(20)31-2)22(27)25-13-14-7-3-4-8-17(14)23/h3-12,26H,13H2,1-2H3,(H,25,27). The molecule has 0 aliphatic carbocycles. The maximum absolute atomic E-state index is 13.9. The van der Waals surface area contributed by atoms with E-state index < -0.39 is 27.6 Å². The molecule has 1 amide bonds. The van der Waals surface area contributed by atoms with Crippen molar-refractivity contribution in [2.45, 2.75) is 11.4 Å². The number of amides is 1. The van der Waals surface area contributed by atoms with Crippen LogP contribution in [0.15, 0.2) is 65.6 Å². The fourth-order valence-electron chi connectivity index (χ4n) is 2.92. The summed E-state index contributed by atoms with van der Waals surface area (Å²) in [5, 5.41) is 2.53. The number of ether oxygens (including phenoxy) is 2. The number of hydrogen-bond acceptors (Lipinski definition) is 5. The average Bonchev–Trinajstić information content (AvgIpc) is 2.78. The Morgan fingerprint density at radius 1 is 0.938 bits per heavy atom. The Morgan fingerprint density at radius 2 is 1.59 bits per heavy atom. The van der Waals surface area contributed by atoms with Crippen molar-refractivity contribution in [1.82, 2.24) is 5.32 Å². The molecule has 0 aromatic heterocycles. The molecule has 32 heavy (non-hydrogen) atoms. The highest BCUT2D eigenvalue weighted by Crippen LogP contribution is 2.35. The van der Waals surface area contributed by atoms with Gasteiger partial charge < -0.3 is 14.8 Å². The maximum atomic E-state index is 13.9. The highest BCUT2D eigenvalue weighted by Gasteiger charge is 2.25. The summed E-state index contributed by atoms with van der Waals surface area (Å²) in [7, 11) is -1.72. The quantitative estimate of drug-likeness (QED) is 0.532. The van der Waals surface area contributed by atoms with Crippen LogP contribution >= 0.6 is 0 Å². The molecule has 0 spiro atoms. The summed E-state index contributed by atoms with van der Waals surface area (Å²) in [5.74, 6) is -2.02. The molecule has 10 heteroatoms. The van der Waals surface area contributed by atoms with E-state index in [1.54, 1.807) is 6.07 Å². The van der Waals surface area contributed by atoms with E-state index in [-0.39, 0.29) is 39.8 Å². The number of carbonyl (C=O) groups is 1. The summed E-state index contributed by atoms with van der Waals surface area (Å²) < 4.78 is 66.1. The highest BCUT2D eigenvalue weighted by atomic mass is 32.2. The first kappa shape index (κ1) is 23.0. The van der Waals surface area contributed by atoms with Gasteiger partial charge in [0.2, 0.25) is 0 Å². The predicted molar refractivity (Wildman–Crippen MR) is 114 cm³/mol. The van der Waals surface area contributed by atoms with E-state index in [9.17, 15) is 22.0 Å². The second-order valence-corrected chi connectivity index (χ2v) is 8.25. The average molecular weight is 462 g/mol. The van der Waals surface area contributed by atoms with Gasteiger partial charge >= 0.3 is 0 Å². The Kier molecular flexibility index (Phi) is 6.94. The van der Waals surface area contributed by atoms with Crippen molar-refractivity contribution in [3.05, 3.63) is 83.4 Å². The zero-order valence-electron chi connectivity index (χ0n) is 17.2. The zero-order valence-corrected chi connectivity index (χ0v) is 18.0. The molecule has 3 rings (SSSR count). The molecule has 0 fully saturated rings. The van der Waals surface area contributed by atoms with E-state index in [0.717, 1.165) is 18.2 Å². The molecule has 0 saturated heterocycles. The third-order valence-corrected chi connectivity index (χ3v) is 5.87. The lowest BCUT2D eigenvalue weighted by molar-refractivity contribution is 0.0946. The van der Waals surface area contributed by atoms with E-state index in [2.05, 4.69) is 10.0 Å². The van der Waals surface area contributed by atoms with Crippen LogP contribution in [-0.2, 0) is 16.6 Å². The molecule has 7 nitrogen and oxygen atoms in total. The van der Waals surface area contributed by atoms with Gasteiger partial charge in [-0.1, -0.05) is 30.3 Å². The van der Waals surface area contributed by atoms with Crippen molar-refractivity contribution >= 4 is 21.6 Å². The summed E-state index contributed by atoms with van der Waals surface area (Å²) in [6.45, 7) is -0.137. The fourth-order valence-corrected chi connectivity index (χ4v) is 4.03. The SMILES string of the molecule is COc1cc(S(=O)(=O)Nc2ccccc2F)cc(C(=O)NCc2ccccc2F)c1OC. The van der Waals surface area contributed by atoms with E-state index >= 15 is 0 Å². The van der Waals surface area contributed by atoms with Crippen molar-refractivity contribution in [2.24, 2.45) is 0 Å². The summed E-state index contributed by atoms with van der Waals surface area (Å²) in [6, 6.07) is 13.4. The van der Waals surface area contributed by atoms with Gasteiger partial charge in [0.25, 0.3) is 15.9 Å². The lowest BCUT2D eigenvalue weighted by atomic mass is 10.1. The number of methoxy groups -OCH3 is 2. The molecule has 0 bridgehead atoms. The summed E-state index contributed by atoms with van der Waals surface area (Å²) in [5.41, 5.74) is -0.165. The van der Waals surface area contributed by atoms with Crippen molar-refractivity contribution in [3.63, 3.8) is 0 Å². The minimum absolute atomic E-state index is 0.0108. The molecule has 3 aromatic rings. The van der Waals surface area contributed by atoms with Gasteiger partial charge in [-0.15, -0.1) is 0 Å². The largest absolute Gasteiger partial charge is 0.493 e. The predicted octanol–water partition coefficient (Wildman–Crippen LogP) is 3.71. The first-order valence-corrected chi connectivity index (χ1v) is 10.8. The molecular formula is C22H20F2N2O5S. The Labute approximate surface area is 184 Å². The van der Waals surface area contributed by atoms with Gasteiger partial charge in [-0.2, -0.15) is 0 Å². The zero-order chi connectivity index (χ0) is 23.3. The lowest BCUT2D eigenvalue weighted by Crippen LogP contribution is -2.25. The highest BCUT2D eigenvalue weighted by molar-refractivity contribution is 7.92. The Bertz CT molecular complexity index is 1250. The van der Waals surface area contributed by atoms with Crippen LogP contribution in [0.25, 0.3) is 0 Å². The van der Waals surface area contributed by atoms with E-state index in [1.807, 2.05) is 0 Å². The van der Waals surface area contributed by atoms with Gasteiger partial charge in [0.1, 0.15) is 11.6 Å². The number of carbonyl (C=O) groups excluding carboxylic acids is 1. The Morgan fingerprint density at radius 3 is 2.22 bits per heavy atom. The number of sulfonamides is 1. The third kappa shape index (κ3) is 4.97. The van der Waals surface area contributed by atoms with Gasteiger partial charge in [-0.05, 0) is 24.3 Å².